The first-order chi connectivity index (χ1) is 10.5. The van der Waals surface area contributed by atoms with Crippen LogP contribution in [0.3, 0.4) is 0 Å². The Morgan fingerprint density at radius 1 is 1.36 bits per heavy atom. The number of carbonyl (C=O) groups excluding carboxylic acids is 1. The van der Waals surface area contributed by atoms with Crippen LogP contribution in [-0.2, 0) is 4.79 Å². The summed E-state index contributed by atoms with van der Waals surface area (Å²) in [6, 6.07) is 8.94. The summed E-state index contributed by atoms with van der Waals surface area (Å²) in [5, 5.41) is 6.78. The number of hydrogen-bond donors (Lipinski definition) is 2. The summed E-state index contributed by atoms with van der Waals surface area (Å²) in [6.07, 6.45) is 2.34. The molecule has 22 heavy (non-hydrogen) atoms. The number of aryl methyl sites for hydroxylation is 1. The zero-order valence-electron chi connectivity index (χ0n) is 13.9. The number of rotatable bonds is 5. The molecule has 1 aliphatic carbocycles. The Hall–Kier alpha value is -2.04. The normalized spacial score (nSPS) is 16.1. The summed E-state index contributed by atoms with van der Waals surface area (Å²) >= 11 is 0. The van der Waals surface area contributed by atoms with Crippen LogP contribution in [0, 0.1) is 6.92 Å². The number of amides is 1. The van der Waals surface area contributed by atoms with Gasteiger partial charge in [0.2, 0.25) is 5.91 Å². The molecule has 5 heteroatoms. The first-order valence-electron chi connectivity index (χ1n) is 7.80. The molecular weight excluding hydrogens is 276 g/mol. The van der Waals surface area contributed by atoms with Crippen molar-refractivity contribution in [3.8, 4) is 0 Å². The van der Waals surface area contributed by atoms with Crippen molar-refractivity contribution >= 4 is 11.9 Å². The Kier molecular flexibility index (Phi) is 5.41. The zero-order valence-corrected chi connectivity index (χ0v) is 13.9. The number of nitrogens with one attached hydrogen (secondary N) is 2. The fraction of sp³-hybridized carbons (Fsp3) is 0.529. The lowest BCUT2D eigenvalue weighted by Gasteiger charge is -2.20. The molecule has 2 N–H and O–H groups in total. The molecule has 0 aliphatic heterocycles. The lowest BCUT2D eigenvalue weighted by atomic mass is 10.0. The van der Waals surface area contributed by atoms with Crippen molar-refractivity contribution in [2.24, 2.45) is 4.99 Å². The Balaban J connectivity index is 2.04. The summed E-state index contributed by atoms with van der Waals surface area (Å²) in [6.45, 7) is 4.38. The minimum absolute atomic E-state index is 0.000409. The van der Waals surface area contributed by atoms with Gasteiger partial charge in [-0.15, -0.1) is 0 Å². The highest BCUT2D eigenvalue weighted by Gasteiger charge is 2.23. The van der Waals surface area contributed by atoms with Crippen molar-refractivity contribution < 1.29 is 4.79 Å². The average Bonchev–Trinajstić information content (AvgIpc) is 3.28. The molecule has 1 saturated carbocycles. The molecule has 1 atom stereocenters. The fourth-order valence-electron chi connectivity index (χ4n) is 2.20. The number of nitrogens with zero attached hydrogens (tertiary/aromatic N) is 2. The van der Waals surface area contributed by atoms with E-state index >= 15 is 0 Å². The quantitative estimate of drug-likeness (QED) is 0.644. The molecule has 2 rings (SSSR count). The van der Waals surface area contributed by atoms with Crippen molar-refractivity contribution in [1.29, 1.82) is 0 Å². The van der Waals surface area contributed by atoms with Crippen molar-refractivity contribution in [3.05, 3.63) is 35.4 Å². The van der Waals surface area contributed by atoms with Gasteiger partial charge < -0.3 is 15.5 Å². The maximum absolute atomic E-state index is 11.7. The molecule has 1 unspecified atom stereocenters. The minimum Gasteiger partial charge on any atom is -0.354 e. The van der Waals surface area contributed by atoms with Gasteiger partial charge in [-0.25, -0.2) is 4.99 Å². The van der Waals surface area contributed by atoms with E-state index < -0.39 is 0 Å². The average molecular weight is 302 g/mol. The number of carbonyl (C=O) groups is 1. The molecule has 120 valence electrons. The van der Waals surface area contributed by atoms with Gasteiger partial charge in [0.25, 0.3) is 0 Å². The summed E-state index contributed by atoms with van der Waals surface area (Å²) in [7, 11) is 3.49. The second-order valence-corrected chi connectivity index (χ2v) is 6.09. The number of guanidine groups is 1. The van der Waals surface area contributed by atoms with Crippen LogP contribution in [0.4, 0.5) is 0 Å². The molecular formula is C17H26N4O. The zero-order chi connectivity index (χ0) is 16.1. The highest BCUT2D eigenvalue weighted by atomic mass is 16.2. The Morgan fingerprint density at radius 2 is 2.05 bits per heavy atom. The first-order valence-corrected chi connectivity index (χ1v) is 7.80. The van der Waals surface area contributed by atoms with E-state index in [-0.39, 0.29) is 18.5 Å². The van der Waals surface area contributed by atoms with Gasteiger partial charge >= 0.3 is 0 Å². The molecule has 1 aliphatic rings. The maximum Gasteiger partial charge on any atom is 0.243 e. The van der Waals surface area contributed by atoms with E-state index in [1.807, 2.05) is 12.1 Å². The van der Waals surface area contributed by atoms with E-state index in [9.17, 15) is 4.79 Å². The lowest BCUT2D eigenvalue weighted by Crippen LogP contribution is -2.41. The molecule has 0 radical (unpaired) electrons. The molecule has 1 fully saturated rings. The molecule has 0 bridgehead atoms. The molecule has 0 saturated heterocycles. The third-order valence-electron chi connectivity index (χ3n) is 3.80. The van der Waals surface area contributed by atoms with E-state index in [0.717, 1.165) is 0 Å². The standard InChI is InChI=1S/C17H26N4O/c1-12-7-5-6-8-15(12)13(2)19-17(20-14-9-10-14)18-11-16(22)21(3)4/h5-8,13-14H,9-11H2,1-4H3,(H2,18,19,20). The van der Waals surface area contributed by atoms with Crippen LogP contribution in [0.1, 0.15) is 36.9 Å². The van der Waals surface area contributed by atoms with Crippen LogP contribution >= 0.6 is 0 Å². The monoisotopic (exact) mass is 302 g/mol. The van der Waals surface area contributed by atoms with Gasteiger partial charge in [0.15, 0.2) is 5.96 Å². The SMILES string of the molecule is Cc1ccccc1C(C)NC(=NCC(=O)N(C)C)NC1CC1. The van der Waals surface area contributed by atoms with Crippen LogP contribution in [0.25, 0.3) is 0 Å². The minimum atomic E-state index is 0.000409. The van der Waals surface area contributed by atoms with E-state index in [4.69, 9.17) is 0 Å². The van der Waals surface area contributed by atoms with E-state index in [1.165, 1.54) is 24.0 Å². The van der Waals surface area contributed by atoms with E-state index in [2.05, 4.69) is 41.6 Å². The number of benzene rings is 1. The predicted octanol–water partition coefficient (Wildman–Crippen LogP) is 1.84. The number of hydrogen-bond acceptors (Lipinski definition) is 2. The highest BCUT2D eigenvalue weighted by Crippen LogP contribution is 2.20. The summed E-state index contributed by atoms with van der Waals surface area (Å²) in [4.78, 5) is 17.7. The third-order valence-corrected chi connectivity index (χ3v) is 3.80. The molecule has 0 heterocycles. The molecule has 0 aromatic heterocycles. The second kappa shape index (κ2) is 7.29. The van der Waals surface area contributed by atoms with Crippen molar-refractivity contribution in [3.63, 3.8) is 0 Å². The summed E-state index contributed by atoms with van der Waals surface area (Å²) in [5.74, 6) is 0.717. The Bertz CT molecular complexity index is 549. The fourth-order valence-corrected chi connectivity index (χ4v) is 2.20. The molecule has 5 nitrogen and oxygen atoms in total. The molecule has 0 spiro atoms. The van der Waals surface area contributed by atoms with Crippen molar-refractivity contribution in [1.82, 2.24) is 15.5 Å². The highest BCUT2D eigenvalue weighted by molar-refractivity contribution is 5.85. The Labute approximate surface area is 132 Å². The van der Waals surface area contributed by atoms with Gasteiger partial charge in [0, 0.05) is 20.1 Å². The number of aliphatic imine (C=N–C) groups is 1. The van der Waals surface area contributed by atoms with Gasteiger partial charge in [-0.3, -0.25) is 4.79 Å². The van der Waals surface area contributed by atoms with Gasteiger partial charge in [-0.05, 0) is 37.8 Å². The van der Waals surface area contributed by atoms with Crippen LogP contribution in [0.15, 0.2) is 29.3 Å². The van der Waals surface area contributed by atoms with E-state index in [0.29, 0.717) is 12.0 Å². The van der Waals surface area contributed by atoms with Gasteiger partial charge in [-0.1, -0.05) is 24.3 Å². The third kappa shape index (κ3) is 4.76. The molecule has 1 aromatic carbocycles. The van der Waals surface area contributed by atoms with Crippen LogP contribution < -0.4 is 10.6 Å². The van der Waals surface area contributed by atoms with E-state index in [1.54, 1.807) is 19.0 Å². The first kappa shape index (κ1) is 16.3. The van der Waals surface area contributed by atoms with Gasteiger partial charge in [0.05, 0.1) is 6.04 Å². The topological polar surface area (TPSA) is 56.7 Å². The summed E-state index contributed by atoms with van der Waals surface area (Å²) < 4.78 is 0. The largest absolute Gasteiger partial charge is 0.354 e. The predicted molar refractivity (Wildman–Crippen MR) is 89.9 cm³/mol. The van der Waals surface area contributed by atoms with Gasteiger partial charge in [-0.2, -0.15) is 0 Å². The summed E-state index contributed by atoms with van der Waals surface area (Å²) in [5.41, 5.74) is 2.49. The van der Waals surface area contributed by atoms with Crippen LogP contribution in [0.5, 0.6) is 0 Å². The van der Waals surface area contributed by atoms with Crippen LogP contribution in [-0.4, -0.2) is 43.4 Å². The second-order valence-electron chi connectivity index (χ2n) is 6.09. The molecule has 1 aromatic rings. The van der Waals surface area contributed by atoms with Gasteiger partial charge in [0.1, 0.15) is 6.54 Å². The van der Waals surface area contributed by atoms with Crippen LogP contribution in [0.2, 0.25) is 0 Å². The smallest absolute Gasteiger partial charge is 0.243 e. The maximum atomic E-state index is 11.7. The number of likely N-dealkylation sites (N-methyl/N-ethyl adjacent to an activating group) is 1. The van der Waals surface area contributed by atoms with Crippen molar-refractivity contribution in [2.45, 2.75) is 38.8 Å². The van der Waals surface area contributed by atoms with Crippen molar-refractivity contribution in [2.75, 3.05) is 20.6 Å². The molecule has 1 amide bonds. The Morgan fingerprint density at radius 3 is 2.64 bits per heavy atom. The lowest BCUT2D eigenvalue weighted by molar-refractivity contribution is -0.127.